The molecule has 7 nitrogen and oxygen atoms in total. The van der Waals surface area contributed by atoms with Crippen molar-refractivity contribution in [1.82, 2.24) is 5.32 Å². The Morgan fingerprint density at radius 2 is 1.96 bits per heavy atom. The molecule has 1 aromatic carbocycles. The molecule has 0 saturated heterocycles. The average molecular weight is 431 g/mol. The lowest BCUT2D eigenvalue weighted by Crippen LogP contribution is -2.31. The zero-order valence-electron chi connectivity index (χ0n) is 14.4. The van der Waals surface area contributed by atoms with E-state index in [-0.39, 0.29) is 33.7 Å². The normalized spacial score (nSPS) is 11.9. The van der Waals surface area contributed by atoms with Crippen LogP contribution in [0.1, 0.15) is 42.2 Å². The fourth-order valence-electron chi connectivity index (χ4n) is 2.40. The number of hydrogen-bond acceptors (Lipinski definition) is 6. The lowest BCUT2D eigenvalue weighted by atomic mass is 10.0. The number of para-hydroxylation sites is 1. The number of hydrogen-bond donors (Lipinski definition) is 1. The summed E-state index contributed by atoms with van der Waals surface area (Å²) in [6.07, 6.45) is -0.630. The SMILES string of the molecule is CC(C)OC(=O)CC(NC(=O)c1cc(Cl)sc1Cl)c1ccccc1[N+](=O)[O-]. The summed E-state index contributed by atoms with van der Waals surface area (Å²) in [5.41, 5.74) is 0.107. The van der Waals surface area contributed by atoms with Crippen LogP contribution in [0.25, 0.3) is 0 Å². The second kappa shape index (κ2) is 9.16. The minimum Gasteiger partial charge on any atom is -0.463 e. The van der Waals surface area contributed by atoms with Crippen molar-refractivity contribution in [3.8, 4) is 0 Å². The Morgan fingerprint density at radius 1 is 1.30 bits per heavy atom. The van der Waals surface area contributed by atoms with Gasteiger partial charge in [-0.2, -0.15) is 0 Å². The summed E-state index contributed by atoms with van der Waals surface area (Å²) in [5, 5.41) is 14.0. The molecule has 0 fully saturated rings. The van der Waals surface area contributed by atoms with Crippen molar-refractivity contribution in [3.63, 3.8) is 0 Å². The van der Waals surface area contributed by atoms with Gasteiger partial charge >= 0.3 is 5.97 Å². The molecule has 1 aromatic heterocycles. The van der Waals surface area contributed by atoms with Gasteiger partial charge in [-0.1, -0.05) is 41.4 Å². The zero-order chi connectivity index (χ0) is 20.1. The molecule has 2 aromatic rings. The Bertz CT molecular complexity index is 869. The first-order chi connectivity index (χ1) is 12.7. The lowest BCUT2D eigenvalue weighted by Gasteiger charge is -2.19. The second-order valence-corrected chi connectivity index (χ2v) is 8.11. The molecule has 0 bridgehead atoms. The summed E-state index contributed by atoms with van der Waals surface area (Å²) in [7, 11) is 0. The number of ether oxygens (including phenoxy) is 1. The first kappa shape index (κ1) is 21.1. The van der Waals surface area contributed by atoms with E-state index < -0.39 is 22.8 Å². The van der Waals surface area contributed by atoms with Crippen molar-refractivity contribution >= 4 is 52.1 Å². The zero-order valence-corrected chi connectivity index (χ0v) is 16.7. The van der Waals surface area contributed by atoms with E-state index in [0.29, 0.717) is 4.34 Å². The number of amides is 1. The highest BCUT2D eigenvalue weighted by molar-refractivity contribution is 7.20. The second-order valence-electron chi connectivity index (χ2n) is 5.82. The molecule has 2 rings (SSSR count). The highest BCUT2D eigenvalue weighted by Crippen LogP contribution is 2.33. The third kappa shape index (κ3) is 5.66. The van der Waals surface area contributed by atoms with Gasteiger partial charge in [-0.15, -0.1) is 11.3 Å². The van der Waals surface area contributed by atoms with Crippen LogP contribution in [0.4, 0.5) is 5.69 Å². The number of nitrogens with zero attached hydrogens (tertiary/aromatic N) is 1. The van der Waals surface area contributed by atoms with Crippen LogP contribution in [0.5, 0.6) is 0 Å². The van der Waals surface area contributed by atoms with Crippen molar-refractivity contribution < 1.29 is 19.2 Å². The average Bonchev–Trinajstić information content (AvgIpc) is 2.92. The van der Waals surface area contributed by atoms with Crippen molar-refractivity contribution in [1.29, 1.82) is 0 Å². The van der Waals surface area contributed by atoms with Crippen LogP contribution < -0.4 is 5.32 Å². The van der Waals surface area contributed by atoms with Crippen molar-refractivity contribution in [2.45, 2.75) is 32.4 Å². The molecule has 0 saturated carbocycles. The maximum atomic E-state index is 12.6. The number of nitro benzene ring substituents is 1. The van der Waals surface area contributed by atoms with E-state index >= 15 is 0 Å². The van der Waals surface area contributed by atoms with Crippen LogP contribution in [0, 0.1) is 10.1 Å². The summed E-state index contributed by atoms with van der Waals surface area (Å²) >= 11 is 12.9. The smallest absolute Gasteiger partial charge is 0.308 e. The molecular formula is C17H16Cl2N2O5S. The number of thiophene rings is 1. The molecule has 1 N–H and O–H groups in total. The van der Waals surface area contributed by atoms with Gasteiger partial charge in [0.25, 0.3) is 11.6 Å². The van der Waals surface area contributed by atoms with Gasteiger partial charge in [0.15, 0.2) is 0 Å². The number of benzene rings is 1. The number of nitro groups is 1. The molecule has 1 unspecified atom stereocenters. The van der Waals surface area contributed by atoms with Gasteiger partial charge in [-0.05, 0) is 19.9 Å². The number of rotatable bonds is 7. The fourth-order valence-corrected chi connectivity index (χ4v) is 3.85. The topological polar surface area (TPSA) is 98.5 Å². The van der Waals surface area contributed by atoms with Gasteiger partial charge in [-0.25, -0.2) is 0 Å². The Kier molecular flexibility index (Phi) is 7.18. The monoisotopic (exact) mass is 430 g/mol. The minimum absolute atomic E-state index is 0.132. The van der Waals surface area contributed by atoms with Crippen molar-refractivity contribution in [2.75, 3.05) is 0 Å². The van der Waals surface area contributed by atoms with E-state index in [4.69, 9.17) is 27.9 Å². The van der Waals surface area contributed by atoms with E-state index in [1.807, 2.05) is 0 Å². The molecule has 1 amide bonds. The van der Waals surface area contributed by atoms with Gasteiger partial charge in [0.05, 0.1) is 39.0 Å². The summed E-state index contributed by atoms with van der Waals surface area (Å²) in [5.74, 6) is -1.19. The van der Waals surface area contributed by atoms with E-state index in [0.717, 1.165) is 11.3 Å². The van der Waals surface area contributed by atoms with Gasteiger partial charge in [-0.3, -0.25) is 19.7 Å². The van der Waals surface area contributed by atoms with Crippen molar-refractivity contribution in [2.24, 2.45) is 0 Å². The predicted molar refractivity (Wildman–Crippen MR) is 103 cm³/mol. The van der Waals surface area contributed by atoms with Crippen LogP contribution in [0.2, 0.25) is 8.67 Å². The quantitative estimate of drug-likeness (QED) is 0.387. The highest BCUT2D eigenvalue weighted by atomic mass is 35.5. The standard InChI is InChI=1S/C17H16Cl2N2O5S/c1-9(2)26-15(22)8-12(10-5-3-4-6-13(10)21(24)25)20-17(23)11-7-14(18)27-16(11)19/h3-7,9,12H,8H2,1-2H3,(H,20,23). The third-order valence-corrected chi connectivity index (χ3v) is 4.94. The summed E-state index contributed by atoms with van der Waals surface area (Å²) in [4.78, 5) is 35.5. The molecule has 10 heteroatoms. The van der Waals surface area contributed by atoms with Crippen LogP contribution in [-0.2, 0) is 9.53 Å². The van der Waals surface area contributed by atoms with Crippen LogP contribution in [0.15, 0.2) is 30.3 Å². The number of carbonyl (C=O) groups is 2. The Labute approximate surface area is 169 Å². The van der Waals surface area contributed by atoms with Gasteiger partial charge in [0, 0.05) is 6.07 Å². The molecule has 0 aliphatic rings. The molecule has 0 aliphatic carbocycles. The van der Waals surface area contributed by atoms with E-state index in [1.54, 1.807) is 19.9 Å². The molecule has 27 heavy (non-hydrogen) atoms. The molecule has 144 valence electrons. The Hall–Kier alpha value is -2.16. The number of halogens is 2. The molecule has 1 atom stereocenters. The van der Waals surface area contributed by atoms with E-state index in [2.05, 4.69) is 5.32 Å². The molecule has 0 spiro atoms. The summed E-state index contributed by atoms with van der Waals surface area (Å²) < 4.78 is 5.62. The van der Waals surface area contributed by atoms with E-state index in [1.165, 1.54) is 24.3 Å². The van der Waals surface area contributed by atoms with Crippen LogP contribution in [0.3, 0.4) is 0 Å². The molecule has 0 aliphatic heterocycles. The highest BCUT2D eigenvalue weighted by Gasteiger charge is 2.28. The maximum Gasteiger partial charge on any atom is 0.308 e. The number of esters is 1. The van der Waals surface area contributed by atoms with Gasteiger partial charge in [0.1, 0.15) is 4.34 Å². The van der Waals surface area contributed by atoms with Crippen molar-refractivity contribution in [3.05, 3.63) is 60.2 Å². The summed E-state index contributed by atoms with van der Waals surface area (Å²) in [6, 6.07) is 6.30. The number of nitrogens with one attached hydrogen (secondary N) is 1. The van der Waals surface area contributed by atoms with Crippen LogP contribution in [-0.4, -0.2) is 22.9 Å². The minimum atomic E-state index is -0.972. The number of carbonyl (C=O) groups excluding carboxylic acids is 2. The molecule has 1 heterocycles. The third-order valence-electron chi connectivity index (χ3n) is 3.45. The lowest BCUT2D eigenvalue weighted by molar-refractivity contribution is -0.385. The van der Waals surface area contributed by atoms with E-state index in [9.17, 15) is 19.7 Å². The van der Waals surface area contributed by atoms with Gasteiger partial charge < -0.3 is 10.1 Å². The van der Waals surface area contributed by atoms with Crippen LogP contribution >= 0.6 is 34.5 Å². The summed E-state index contributed by atoms with van der Waals surface area (Å²) in [6.45, 7) is 3.37. The Morgan fingerprint density at radius 3 is 2.52 bits per heavy atom. The largest absolute Gasteiger partial charge is 0.463 e. The predicted octanol–water partition coefficient (Wildman–Crippen LogP) is 4.78. The maximum absolute atomic E-state index is 12.6. The van der Waals surface area contributed by atoms with Gasteiger partial charge in [0.2, 0.25) is 0 Å². The first-order valence-electron chi connectivity index (χ1n) is 7.87. The first-order valence-corrected chi connectivity index (χ1v) is 9.44. The fraction of sp³-hybridized carbons (Fsp3) is 0.294. The molecular weight excluding hydrogens is 415 g/mol. The Balaban J connectivity index is 2.35. The molecule has 0 radical (unpaired) electrons.